The Labute approximate surface area is 145 Å². The highest BCUT2D eigenvalue weighted by Crippen LogP contribution is 2.34. The van der Waals surface area contributed by atoms with Crippen molar-refractivity contribution in [3.63, 3.8) is 0 Å². The Morgan fingerprint density at radius 1 is 0.960 bits per heavy atom. The van der Waals surface area contributed by atoms with Crippen molar-refractivity contribution in [2.24, 2.45) is 5.29 Å². The molecule has 0 saturated carbocycles. The number of nitrogens with zero attached hydrogens (tertiary/aromatic N) is 3. The summed E-state index contributed by atoms with van der Waals surface area (Å²) in [7, 11) is 1.49. The topological polar surface area (TPSA) is 62.6 Å². The molecular weight excluding hydrogens is 314 g/mol. The quantitative estimate of drug-likeness (QED) is 0.385. The second-order valence-electron chi connectivity index (χ2n) is 5.65. The van der Waals surface area contributed by atoms with Gasteiger partial charge in [0.2, 0.25) is 0 Å². The van der Waals surface area contributed by atoms with Crippen LogP contribution in [0.2, 0.25) is 0 Å². The fourth-order valence-corrected chi connectivity index (χ4v) is 2.75. The van der Waals surface area contributed by atoms with Crippen molar-refractivity contribution in [1.29, 1.82) is 0 Å². The average molecular weight is 331 g/mol. The maximum absolute atomic E-state index is 12.3. The van der Waals surface area contributed by atoms with Gasteiger partial charge in [0.25, 0.3) is 0 Å². The van der Waals surface area contributed by atoms with Crippen molar-refractivity contribution < 1.29 is 4.79 Å². The number of nitroso groups, excluding NO2 is 1. The van der Waals surface area contributed by atoms with E-state index >= 15 is 0 Å². The summed E-state index contributed by atoms with van der Waals surface area (Å²) in [5.41, 5.74) is 3.57. The molecule has 0 unspecified atom stereocenters. The SMILES string of the molecule is CC(=O)c1c(-c2ccccc2)cc(-c2ccccc2)nc1N(C)N=O. The van der Waals surface area contributed by atoms with Gasteiger partial charge in [-0.05, 0) is 24.1 Å². The van der Waals surface area contributed by atoms with Crippen molar-refractivity contribution in [3.05, 3.63) is 77.2 Å². The first-order chi connectivity index (χ1) is 12.1. The minimum Gasteiger partial charge on any atom is -0.294 e. The molecule has 124 valence electrons. The Hall–Kier alpha value is -3.34. The summed E-state index contributed by atoms with van der Waals surface area (Å²) in [5, 5.41) is 4.03. The maximum Gasteiger partial charge on any atom is 0.164 e. The Balaban J connectivity index is 2.34. The third-order valence-corrected chi connectivity index (χ3v) is 3.94. The van der Waals surface area contributed by atoms with Crippen LogP contribution in [0, 0.1) is 4.91 Å². The van der Waals surface area contributed by atoms with Crippen LogP contribution < -0.4 is 5.01 Å². The Morgan fingerprint density at radius 2 is 1.52 bits per heavy atom. The van der Waals surface area contributed by atoms with Gasteiger partial charge in [-0.15, -0.1) is 4.91 Å². The third-order valence-electron chi connectivity index (χ3n) is 3.94. The van der Waals surface area contributed by atoms with Crippen LogP contribution in [0.4, 0.5) is 5.82 Å². The molecule has 0 aliphatic heterocycles. The molecule has 0 aliphatic rings. The van der Waals surface area contributed by atoms with Gasteiger partial charge in [0, 0.05) is 12.6 Å². The lowest BCUT2D eigenvalue weighted by Crippen LogP contribution is -2.15. The molecule has 1 aromatic heterocycles. The number of aromatic nitrogens is 1. The second kappa shape index (κ2) is 7.05. The van der Waals surface area contributed by atoms with Gasteiger partial charge < -0.3 is 0 Å². The molecule has 0 amide bonds. The monoisotopic (exact) mass is 331 g/mol. The van der Waals surface area contributed by atoms with E-state index in [4.69, 9.17) is 0 Å². The molecule has 2 aromatic carbocycles. The highest BCUT2D eigenvalue weighted by molar-refractivity contribution is 6.06. The first-order valence-corrected chi connectivity index (χ1v) is 7.85. The molecule has 0 aliphatic carbocycles. The zero-order chi connectivity index (χ0) is 17.8. The van der Waals surface area contributed by atoms with E-state index in [-0.39, 0.29) is 11.6 Å². The van der Waals surface area contributed by atoms with Crippen LogP contribution in [-0.2, 0) is 0 Å². The van der Waals surface area contributed by atoms with E-state index in [0.29, 0.717) is 11.3 Å². The van der Waals surface area contributed by atoms with Crippen LogP contribution in [0.3, 0.4) is 0 Å². The molecule has 0 atom stereocenters. The van der Waals surface area contributed by atoms with Gasteiger partial charge in [-0.25, -0.2) is 9.99 Å². The van der Waals surface area contributed by atoms with E-state index in [2.05, 4.69) is 10.3 Å². The van der Waals surface area contributed by atoms with Gasteiger partial charge >= 0.3 is 0 Å². The fraction of sp³-hybridized carbons (Fsp3) is 0.100. The van der Waals surface area contributed by atoms with Gasteiger partial charge in [-0.1, -0.05) is 60.7 Å². The van der Waals surface area contributed by atoms with Gasteiger partial charge in [-0.3, -0.25) is 4.79 Å². The number of hydrogen-bond acceptors (Lipinski definition) is 4. The molecule has 0 saturated heterocycles. The Kier molecular flexibility index (Phi) is 4.66. The van der Waals surface area contributed by atoms with E-state index in [0.717, 1.165) is 21.7 Å². The molecule has 25 heavy (non-hydrogen) atoms. The molecule has 0 spiro atoms. The third kappa shape index (κ3) is 3.30. The normalized spacial score (nSPS) is 10.3. The predicted octanol–water partition coefficient (Wildman–Crippen LogP) is 4.74. The molecular formula is C20H17N3O2. The smallest absolute Gasteiger partial charge is 0.164 e. The largest absolute Gasteiger partial charge is 0.294 e. The van der Waals surface area contributed by atoms with Crippen molar-refractivity contribution >= 4 is 11.6 Å². The number of pyridine rings is 1. The molecule has 5 heteroatoms. The minimum absolute atomic E-state index is 0.170. The van der Waals surface area contributed by atoms with Gasteiger partial charge in [0.1, 0.15) is 0 Å². The van der Waals surface area contributed by atoms with Crippen molar-refractivity contribution in [2.45, 2.75) is 6.92 Å². The van der Waals surface area contributed by atoms with Crippen LogP contribution in [0.5, 0.6) is 0 Å². The van der Waals surface area contributed by atoms with E-state index in [1.165, 1.54) is 14.0 Å². The summed E-state index contributed by atoms with van der Waals surface area (Å²) in [4.78, 5) is 28.0. The van der Waals surface area contributed by atoms with E-state index in [1.54, 1.807) is 0 Å². The number of ketones is 1. The van der Waals surface area contributed by atoms with E-state index in [1.807, 2.05) is 66.7 Å². The fourth-order valence-electron chi connectivity index (χ4n) is 2.75. The van der Waals surface area contributed by atoms with Crippen LogP contribution in [0.25, 0.3) is 22.4 Å². The van der Waals surface area contributed by atoms with Gasteiger partial charge in [0.15, 0.2) is 11.6 Å². The molecule has 3 aromatic rings. The molecule has 0 N–H and O–H groups in total. The number of rotatable bonds is 5. The number of carbonyl (C=O) groups excluding carboxylic acids is 1. The second-order valence-corrected chi connectivity index (χ2v) is 5.65. The van der Waals surface area contributed by atoms with E-state index < -0.39 is 0 Å². The molecule has 0 bridgehead atoms. The van der Waals surface area contributed by atoms with Crippen molar-refractivity contribution in [2.75, 3.05) is 12.1 Å². The lowest BCUT2D eigenvalue weighted by molar-refractivity contribution is 0.101. The number of anilines is 1. The lowest BCUT2D eigenvalue weighted by atomic mass is 9.96. The van der Waals surface area contributed by atoms with Gasteiger partial charge in [-0.2, -0.15) is 0 Å². The summed E-state index contributed by atoms with van der Waals surface area (Å²) in [6.45, 7) is 1.47. The lowest BCUT2D eigenvalue weighted by Gasteiger charge is -2.18. The highest BCUT2D eigenvalue weighted by atomic mass is 16.3. The van der Waals surface area contributed by atoms with Crippen LogP contribution in [0.15, 0.2) is 72.0 Å². The zero-order valence-corrected chi connectivity index (χ0v) is 14.0. The Bertz CT molecular complexity index is 909. The maximum atomic E-state index is 12.3. The van der Waals surface area contributed by atoms with Crippen LogP contribution in [0.1, 0.15) is 17.3 Å². The molecule has 1 heterocycles. The van der Waals surface area contributed by atoms with Gasteiger partial charge in [0.05, 0.1) is 16.5 Å². The first kappa shape index (κ1) is 16.5. The van der Waals surface area contributed by atoms with Crippen molar-refractivity contribution in [3.8, 4) is 22.4 Å². The standard InChI is InChI=1S/C20H17N3O2/c1-14(24)19-17(15-9-5-3-6-10-15)13-18(16-11-7-4-8-12-16)21-20(19)23(2)22-25/h3-13H,1-2H3. The summed E-state index contributed by atoms with van der Waals surface area (Å²) in [6.07, 6.45) is 0. The molecule has 0 fully saturated rings. The average Bonchev–Trinajstić information content (AvgIpc) is 2.67. The highest BCUT2D eigenvalue weighted by Gasteiger charge is 2.21. The summed E-state index contributed by atoms with van der Waals surface area (Å²) >= 11 is 0. The first-order valence-electron chi connectivity index (χ1n) is 7.85. The van der Waals surface area contributed by atoms with Crippen LogP contribution in [-0.4, -0.2) is 17.8 Å². The predicted molar refractivity (Wildman–Crippen MR) is 99.3 cm³/mol. The Morgan fingerprint density at radius 3 is 2.04 bits per heavy atom. The number of hydrogen-bond donors (Lipinski definition) is 0. The number of Topliss-reactive ketones (excluding diaryl/α,β-unsaturated/α-hetero) is 1. The summed E-state index contributed by atoms with van der Waals surface area (Å²) in [6, 6.07) is 21.1. The number of benzene rings is 2. The summed E-state index contributed by atoms with van der Waals surface area (Å²) < 4.78 is 0. The number of carbonyl (C=O) groups is 1. The minimum atomic E-state index is -0.170. The molecule has 5 nitrogen and oxygen atoms in total. The summed E-state index contributed by atoms with van der Waals surface area (Å²) in [5.74, 6) is 0.0826. The zero-order valence-electron chi connectivity index (χ0n) is 14.0. The van der Waals surface area contributed by atoms with Crippen molar-refractivity contribution in [1.82, 2.24) is 4.98 Å². The van der Waals surface area contributed by atoms with E-state index in [9.17, 15) is 9.70 Å². The molecule has 3 rings (SSSR count). The molecule has 0 radical (unpaired) electrons. The van der Waals surface area contributed by atoms with Crippen LogP contribution >= 0.6 is 0 Å².